The molecular weight excluding hydrogens is 662 g/mol. The fourth-order valence-electron chi connectivity index (χ4n) is 4.89. The number of aliphatic carboxylic acids is 1. The summed E-state index contributed by atoms with van der Waals surface area (Å²) in [7, 11) is 1.51. The van der Waals surface area contributed by atoms with Crippen molar-refractivity contribution in [3.63, 3.8) is 0 Å². The standard InChI is InChI=1S/C38H52ClN3O8/c1-24(11-12-25-13-15-26(22-43)16-14-25)31(9-8-10-33(44)45)50-35(47)30(21-37(2,3)4)42-36(48)38(5,6)23-41-34(46)29(40)20-27-17-18-32(49-7)28(39)19-27/h8,10-19,24,29-31,43H,9,20-23,40H2,1-7H3,(H,41,46)(H,42,48)(H,44,45)/b10-8+,12-11+/t24-,29-,30+,31+/m1/s1. The molecule has 2 rings (SSSR count). The van der Waals surface area contributed by atoms with Crippen LogP contribution in [0.2, 0.25) is 5.02 Å². The van der Waals surface area contributed by atoms with Gasteiger partial charge in [0.15, 0.2) is 0 Å². The first-order valence-corrected chi connectivity index (χ1v) is 16.9. The Morgan fingerprint density at radius 1 is 1.02 bits per heavy atom. The molecule has 4 atom stereocenters. The third kappa shape index (κ3) is 14.3. The van der Waals surface area contributed by atoms with Gasteiger partial charge in [0.1, 0.15) is 17.9 Å². The van der Waals surface area contributed by atoms with Gasteiger partial charge in [0.25, 0.3) is 0 Å². The molecule has 6 N–H and O–H groups in total. The van der Waals surface area contributed by atoms with Gasteiger partial charge in [0.05, 0.1) is 30.2 Å². The van der Waals surface area contributed by atoms with Crippen LogP contribution in [-0.2, 0) is 36.9 Å². The summed E-state index contributed by atoms with van der Waals surface area (Å²) in [4.78, 5) is 51.3. The number of hydrogen-bond donors (Lipinski definition) is 5. The second-order valence-corrected chi connectivity index (χ2v) is 14.6. The molecule has 0 radical (unpaired) electrons. The molecule has 0 aliphatic rings. The van der Waals surface area contributed by atoms with E-state index < -0.39 is 47.4 Å². The number of rotatable bonds is 18. The van der Waals surface area contributed by atoms with Crippen molar-refractivity contribution >= 4 is 41.4 Å². The third-order valence-electron chi connectivity index (χ3n) is 7.97. The SMILES string of the molecule is COc1ccc(C[C@@H](N)C(=O)NCC(C)(C)C(=O)N[C@@H](CC(C)(C)C)C(=O)O[C@@H](C/C=C/C(=O)O)[C@H](C)/C=C/c2ccc(CO)cc2)cc1Cl. The Bertz CT molecular complexity index is 1510. The van der Waals surface area contributed by atoms with Gasteiger partial charge in [0.2, 0.25) is 11.8 Å². The average molecular weight is 714 g/mol. The zero-order chi connectivity index (χ0) is 37.6. The normalized spacial score (nSPS) is 14.5. The van der Waals surface area contributed by atoms with E-state index in [-0.39, 0.29) is 43.7 Å². The van der Waals surface area contributed by atoms with E-state index in [2.05, 4.69) is 10.6 Å². The van der Waals surface area contributed by atoms with Crippen LogP contribution in [0.3, 0.4) is 0 Å². The van der Waals surface area contributed by atoms with Gasteiger partial charge in [-0.1, -0.05) is 87.9 Å². The van der Waals surface area contributed by atoms with E-state index in [4.69, 9.17) is 31.9 Å². The molecule has 0 spiro atoms. The highest BCUT2D eigenvalue weighted by molar-refractivity contribution is 6.32. The summed E-state index contributed by atoms with van der Waals surface area (Å²) in [6.45, 7) is 10.8. The van der Waals surface area contributed by atoms with E-state index in [9.17, 15) is 24.3 Å². The van der Waals surface area contributed by atoms with Crippen LogP contribution in [-0.4, -0.2) is 65.8 Å². The van der Waals surface area contributed by atoms with Crippen LogP contribution >= 0.6 is 11.6 Å². The lowest BCUT2D eigenvalue weighted by Gasteiger charge is -2.31. The largest absolute Gasteiger partial charge is 0.495 e. The Morgan fingerprint density at radius 3 is 2.22 bits per heavy atom. The van der Waals surface area contributed by atoms with Gasteiger partial charge in [-0.15, -0.1) is 0 Å². The zero-order valence-corrected chi connectivity index (χ0v) is 30.8. The minimum Gasteiger partial charge on any atom is -0.495 e. The number of carbonyl (C=O) groups is 4. The fourth-order valence-corrected chi connectivity index (χ4v) is 5.17. The summed E-state index contributed by atoms with van der Waals surface area (Å²) in [5.74, 6) is -2.53. The molecule has 0 aliphatic heterocycles. The Hall–Kier alpha value is -4.19. The summed E-state index contributed by atoms with van der Waals surface area (Å²) in [5, 5.41) is 24.4. The molecule has 50 heavy (non-hydrogen) atoms. The number of carboxylic acid groups (broad SMARTS) is 1. The number of carbonyl (C=O) groups excluding carboxylic acids is 3. The monoisotopic (exact) mass is 713 g/mol. The summed E-state index contributed by atoms with van der Waals surface area (Å²) in [6.07, 6.45) is 6.01. The zero-order valence-electron chi connectivity index (χ0n) is 30.0. The Kier molecular flexibility index (Phi) is 16.2. The molecule has 0 saturated carbocycles. The molecular formula is C38H52ClN3O8. The Labute approximate surface area is 300 Å². The minimum atomic E-state index is -1.12. The van der Waals surface area contributed by atoms with Gasteiger partial charge < -0.3 is 36.1 Å². The maximum absolute atomic E-state index is 13.7. The number of nitrogens with two attached hydrogens (primary N) is 1. The second kappa shape index (κ2) is 19.3. The van der Waals surface area contributed by atoms with Crippen LogP contribution in [0.5, 0.6) is 5.75 Å². The van der Waals surface area contributed by atoms with Crippen molar-refractivity contribution in [3.05, 3.63) is 82.4 Å². The number of carboxylic acids is 1. The predicted octanol–water partition coefficient (Wildman–Crippen LogP) is 5.07. The highest BCUT2D eigenvalue weighted by Gasteiger charge is 2.36. The van der Waals surface area contributed by atoms with E-state index in [1.165, 1.54) is 13.2 Å². The molecule has 0 aliphatic carbocycles. The van der Waals surface area contributed by atoms with E-state index in [1.54, 1.807) is 44.2 Å². The van der Waals surface area contributed by atoms with Crippen LogP contribution in [0.15, 0.2) is 60.7 Å². The molecule has 0 unspecified atom stereocenters. The number of ether oxygens (including phenoxy) is 2. The maximum atomic E-state index is 13.7. The van der Waals surface area contributed by atoms with Crippen molar-refractivity contribution in [3.8, 4) is 5.75 Å². The quantitative estimate of drug-likeness (QED) is 0.104. The van der Waals surface area contributed by atoms with Crippen LogP contribution in [0, 0.1) is 16.7 Å². The van der Waals surface area contributed by atoms with Gasteiger partial charge in [-0.3, -0.25) is 9.59 Å². The van der Waals surface area contributed by atoms with Crippen molar-refractivity contribution in [2.45, 2.75) is 85.6 Å². The van der Waals surface area contributed by atoms with Crippen LogP contribution in [0.4, 0.5) is 0 Å². The van der Waals surface area contributed by atoms with Crippen LogP contribution < -0.4 is 21.1 Å². The lowest BCUT2D eigenvalue weighted by Crippen LogP contribution is -2.53. The average Bonchev–Trinajstić information content (AvgIpc) is 3.04. The number of amides is 2. The summed E-state index contributed by atoms with van der Waals surface area (Å²) < 4.78 is 11.1. The van der Waals surface area contributed by atoms with Gasteiger partial charge >= 0.3 is 11.9 Å². The van der Waals surface area contributed by atoms with E-state index in [1.807, 2.05) is 52.0 Å². The van der Waals surface area contributed by atoms with Crippen molar-refractivity contribution in [2.75, 3.05) is 13.7 Å². The molecule has 0 heterocycles. The highest BCUT2D eigenvalue weighted by atomic mass is 35.5. The van der Waals surface area contributed by atoms with E-state index in [0.717, 1.165) is 22.8 Å². The number of halogens is 1. The maximum Gasteiger partial charge on any atom is 0.328 e. The lowest BCUT2D eigenvalue weighted by atomic mass is 9.86. The van der Waals surface area contributed by atoms with Crippen molar-refractivity contribution in [2.24, 2.45) is 22.5 Å². The molecule has 2 aromatic carbocycles. The molecule has 0 bridgehead atoms. The predicted molar refractivity (Wildman–Crippen MR) is 194 cm³/mol. The number of aliphatic hydroxyl groups excluding tert-OH is 1. The van der Waals surface area contributed by atoms with Crippen LogP contribution in [0.1, 0.15) is 71.1 Å². The summed E-state index contributed by atoms with van der Waals surface area (Å²) >= 11 is 6.20. The van der Waals surface area contributed by atoms with Gasteiger partial charge in [0, 0.05) is 25.0 Å². The van der Waals surface area contributed by atoms with Crippen LogP contribution in [0.25, 0.3) is 6.08 Å². The molecule has 0 aromatic heterocycles. The minimum absolute atomic E-state index is 0.0459. The molecule has 0 fully saturated rings. The smallest absolute Gasteiger partial charge is 0.328 e. The first-order valence-electron chi connectivity index (χ1n) is 16.5. The van der Waals surface area contributed by atoms with Gasteiger partial charge in [-0.25, -0.2) is 9.59 Å². The second-order valence-electron chi connectivity index (χ2n) is 14.2. The van der Waals surface area contributed by atoms with Gasteiger partial charge in [-0.05, 0) is 60.9 Å². The highest BCUT2D eigenvalue weighted by Crippen LogP contribution is 2.26. The molecule has 2 aromatic rings. The number of hydrogen-bond acceptors (Lipinski definition) is 8. The van der Waals surface area contributed by atoms with Crippen molar-refractivity contribution < 1.29 is 38.9 Å². The van der Waals surface area contributed by atoms with Crippen molar-refractivity contribution in [1.82, 2.24) is 10.6 Å². The number of nitrogens with one attached hydrogen (secondary N) is 2. The van der Waals surface area contributed by atoms with E-state index in [0.29, 0.717) is 10.8 Å². The first kappa shape index (κ1) is 42.0. The third-order valence-corrected chi connectivity index (χ3v) is 8.27. The Morgan fingerprint density at radius 2 is 1.66 bits per heavy atom. The topological polar surface area (TPSA) is 177 Å². The number of benzene rings is 2. The molecule has 0 saturated heterocycles. The number of esters is 1. The molecule has 11 nitrogen and oxygen atoms in total. The first-order chi connectivity index (χ1) is 23.3. The fraction of sp³-hybridized carbons (Fsp3) is 0.474. The number of methoxy groups -OCH3 is 1. The molecule has 2 amide bonds. The van der Waals surface area contributed by atoms with Crippen molar-refractivity contribution in [1.29, 1.82) is 0 Å². The lowest BCUT2D eigenvalue weighted by molar-refractivity contribution is -0.156. The molecule has 274 valence electrons. The van der Waals surface area contributed by atoms with E-state index >= 15 is 0 Å². The number of aliphatic hydroxyl groups is 1. The summed E-state index contributed by atoms with van der Waals surface area (Å²) in [6, 6.07) is 10.5. The summed E-state index contributed by atoms with van der Waals surface area (Å²) in [5.41, 5.74) is 7.05. The Balaban J connectivity index is 2.15. The van der Waals surface area contributed by atoms with Gasteiger partial charge in [-0.2, -0.15) is 0 Å². The molecule has 12 heteroatoms.